The lowest BCUT2D eigenvalue weighted by Gasteiger charge is -2.40. The van der Waals surface area contributed by atoms with E-state index >= 15 is 0 Å². The number of methoxy groups -OCH3 is 1. The maximum atomic E-state index is 13.3. The zero-order chi connectivity index (χ0) is 26.6. The molecule has 0 unspecified atom stereocenters. The van der Waals surface area contributed by atoms with Crippen molar-refractivity contribution in [3.05, 3.63) is 52.9 Å². The van der Waals surface area contributed by atoms with Crippen molar-refractivity contribution in [2.45, 2.75) is 43.8 Å². The molecule has 1 aromatic carbocycles. The molecular weight excluding hydrogens is 491 g/mol. The number of carbonyl (C=O) groups is 1. The summed E-state index contributed by atoms with van der Waals surface area (Å²) in [5, 5.41) is 9.19. The van der Waals surface area contributed by atoms with Gasteiger partial charge in [0, 0.05) is 25.2 Å². The zero-order valence-corrected chi connectivity index (χ0v) is 20.4. The van der Waals surface area contributed by atoms with Crippen molar-refractivity contribution in [3.8, 4) is 0 Å². The number of carboxylic acids is 1. The lowest BCUT2D eigenvalue weighted by atomic mass is 10.1. The van der Waals surface area contributed by atoms with Crippen LogP contribution in [0.3, 0.4) is 0 Å². The number of aryl methyl sites for hydroxylation is 1. The molecule has 9 nitrogen and oxygen atoms in total. The predicted molar refractivity (Wildman–Crippen MR) is 122 cm³/mol. The summed E-state index contributed by atoms with van der Waals surface area (Å²) in [6.45, 7) is 2.50. The Morgan fingerprint density at radius 3 is 2.51 bits per heavy atom. The van der Waals surface area contributed by atoms with Crippen LogP contribution in [0.2, 0.25) is 0 Å². The highest BCUT2D eigenvalue weighted by Crippen LogP contribution is 2.28. The monoisotopic (exact) mass is 520 g/mol. The Hall–Kier alpha value is -3.06. The summed E-state index contributed by atoms with van der Waals surface area (Å²) in [6, 6.07) is 3.02. The van der Waals surface area contributed by atoms with E-state index in [-0.39, 0.29) is 43.2 Å². The second-order valence-corrected chi connectivity index (χ2v) is 9.85. The maximum Gasteiger partial charge on any atom is 0.485 e. The number of nitrogens with two attached hydrogens (primary N) is 1. The van der Waals surface area contributed by atoms with Gasteiger partial charge in [-0.15, -0.1) is 0 Å². The first-order valence-electron chi connectivity index (χ1n) is 10.6. The molecule has 1 heterocycles. The van der Waals surface area contributed by atoms with Crippen molar-refractivity contribution in [3.63, 3.8) is 0 Å². The number of carboxylic acid groups (broad SMARTS) is 1. The Morgan fingerprint density at radius 1 is 1.31 bits per heavy atom. The molecule has 1 aliphatic rings. The molecule has 1 aromatic rings. The number of aliphatic hydroxyl groups excluding tert-OH is 1. The number of hydrogen-bond donors (Lipinski definition) is 2. The van der Waals surface area contributed by atoms with Gasteiger partial charge in [0.25, 0.3) is 0 Å². The van der Waals surface area contributed by atoms with E-state index in [0.29, 0.717) is 11.1 Å². The second-order valence-electron chi connectivity index (χ2n) is 7.91. The number of rotatable bonds is 8. The summed E-state index contributed by atoms with van der Waals surface area (Å²) in [5.74, 6) is -1.81. The van der Waals surface area contributed by atoms with Gasteiger partial charge >= 0.3 is 18.1 Å². The van der Waals surface area contributed by atoms with Gasteiger partial charge in [-0.05, 0) is 42.7 Å². The molecular formula is C22H29F3N3O6S+. The SMILES string of the molecule is CC/C(=C\C=C(/N)N1CCN(S(=O)(=O)c2ccc(C)c(CC(O)=[OH+])c2)C[C@H]1C(=O)OC)C(F)(F)F. The van der Waals surface area contributed by atoms with Gasteiger partial charge in [-0.1, -0.05) is 19.1 Å². The first-order chi connectivity index (χ1) is 16.2. The number of halogens is 3. The topological polar surface area (TPSA) is 135 Å². The molecule has 0 amide bonds. The third kappa shape index (κ3) is 6.75. The van der Waals surface area contributed by atoms with E-state index in [9.17, 15) is 36.3 Å². The minimum atomic E-state index is -4.53. The lowest BCUT2D eigenvalue weighted by Crippen LogP contribution is -2.58. The molecule has 0 radical (unpaired) electrons. The zero-order valence-electron chi connectivity index (χ0n) is 19.5. The van der Waals surface area contributed by atoms with E-state index in [2.05, 4.69) is 0 Å². The van der Waals surface area contributed by atoms with Crippen molar-refractivity contribution < 1.29 is 41.0 Å². The summed E-state index contributed by atoms with van der Waals surface area (Å²) >= 11 is 0. The average molecular weight is 521 g/mol. The van der Waals surface area contributed by atoms with Gasteiger partial charge in [0.2, 0.25) is 10.0 Å². The molecule has 0 spiro atoms. The average Bonchev–Trinajstić information content (AvgIpc) is 2.78. The number of benzene rings is 1. The van der Waals surface area contributed by atoms with E-state index in [4.69, 9.17) is 10.5 Å². The summed E-state index contributed by atoms with van der Waals surface area (Å²) in [4.78, 5) is 22.8. The molecule has 0 saturated carbocycles. The number of piperazine rings is 1. The highest BCUT2D eigenvalue weighted by atomic mass is 32.2. The normalized spacial score (nSPS) is 18.5. The summed E-state index contributed by atoms with van der Waals surface area (Å²) in [6.07, 6.45) is -3.19. The lowest BCUT2D eigenvalue weighted by molar-refractivity contribution is -0.147. The van der Waals surface area contributed by atoms with E-state index in [1.54, 1.807) is 6.92 Å². The van der Waals surface area contributed by atoms with Crippen LogP contribution in [0.1, 0.15) is 24.5 Å². The Balaban J connectivity index is 2.36. The van der Waals surface area contributed by atoms with Gasteiger partial charge in [0.15, 0.2) is 0 Å². The van der Waals surface area contributed by atoms with E-state index in [0.717, 1.165) is 23.6 Å². The van der Waals surface area contributed by atoms with Crippen LogP contribution in [-0.2, 0) is 26.0 Å². The van der Waals surface area contributed by atoms with Crippen molar-refractivity contribution >= 4 is 22.0 Å². The van der Waals surface area contributed by atoms with Gasteiger partial charge < -0.3 is 25.3 Å². The number of alkyl halides is 3. The smallest absolute Gasteiger partial charge is 0.467 e. The van der Waals surface area contributed by atoms with Crippen LogP contribution >= 0.6 is 0 Å². The van der Waals surface area contributed by atoms with E-state index in [1.165, 1.54) is 30.0 Å². The van der Waals surface area contributed by atoms with Crippen LogP contribution in [0.5, 0.6) is 0 Å². The molecule has 2 rings (SSSR count). The van der Waals surface area contributed by atoms with Gasteiger partial charge in [-0.3, -0.25) is 0 Å². The molecule has 4 N–H and O–H groups in total. The number of ether oxygens (including phenoxy) is 1. The molecule has 1 atom stereocenters. The van der Waals surface area contributed by atoms with Crippen molar-refractivity contribution in [1.29, 1.82) is 0 Å². The van der Waals surface area contributed by atoms with Crippen LogP contribution in [0.15, 0.2) is 46.6 Å². The van der Waals surface area contributed by atoms with Gasteiger partial charge in [-0.2, -0.15) is 17.5 Å². The molecule has 1 aliphatic heterocycles. The molecule has 13 heteroatoms. The molecule has 1 saturated heterocycles. The van der Waals surface area contributed by atoms with E-state index in [1.807, 2.05) is 0 Å². The van der Waals surface area contributed by atoms with Gasteiger partial charge in [-0.25, -0.2) is 13.2 Å². The van der Waals surface area contributed by atoms with Crippen LogP contribution < -0.4 is 5.73 Å². The molecule has 0 aromatic heterocycles. The van der Waals surface area contributed by atoms with Crippen molar-refractivity contribution in [1.82, 2.24) is 9.21 Å². The Labute approximate surface area is 201 Å². The van der Waals surface area contributed by atoms with Crippen molar-refractivity contribution in [2.24, 2.45) is 5.73 Å². The predicted octanol–water partition coefficient (Wildman–Crippen LogP) is 2.14. The van der Waals surface area contributed by atoms with Crippen LogP contribution in [0.4, 0.5) is 13.2 Å². The summed E-state index contributed by atoms with van der Waals surface area (Å²) in [7, 11) is -3.00. The third-order valence-electron chi connectivity index (χ3n) is 5.66. The number of aliphatic carboxylic acids is 1. The Morgan fingerprint density at radius 2 is 1.97 bits per heavy atom. The summed E-state index contributed by atoms with van der Waals surface area (Å²) in [5.41, 5.74) is 6.21. The first-order valence-corrected chi connectivity index (χ1v) is 12.1. The van der Waals surface area contributed by atoms with Crippen molar-refractivity contribution in [2.75, 3.05) is 26.7 Å². The number of nitrogens with zero attached hydrogens (tertiary/aromatic N) is 2. The van der Waals surface area contributed by atoms with Crippen LogP contribution in [0.25, 0.3) is 0 Å². The number of carbonyl (C=O) groups excluding carboxylic acids is 1. The minimum absolute atomic E-state index is 0.0768. The molecule has 0 bridgehead atoms. The second kappa shape index (κ2) is 11.1. The quantitative estimate of drug-likeness (QED) is 0.305. The van der Waals surface area contributed by atoms with Gasteiger partial charge in [0.1, 0.15) is 12.5 Å². The van der Waals surface area contributed by atoms with E-state index < -0.39 is 39.8 Å². The molecule has 0 aliphatic carbocycles. The molecule has 35 heavy (non-hydrogen) atoms. The van der Waals surface area contributed by atoms with Crippen LogP contribution in [-0.4, -0.2) is 78.4 Å². The minimum Gasteiger partial charge on any atom is -0.467 e. The van der Waals surface area contributed by atoms with Crippen LogP contribution in [0, 0.1) is 6.92 Å². The number of hydrogen-bond acceptors (Lipinski definition) is 6. The van der Waals surface area contributed by atoms with Gasteiger partial charge in [0.05, 0.1) is 17.8 Å². The maximum absolute atomic E-state index is 13.3. The standard InChI is InChI=1S/C22H28F3N3O6S/c1-4-16(22(23,24)25)6-8-19(26)28-10-9-27(13-18(28)21(31)34-3)35(32,33)17-7-5-14(2)15(11-17)12-20(29)30/h5-8,11,18H,4,9-10,12-13,26H2,1-3H3,(H,29,30)/p+1/b16-6+,19-8+/t18-/m0/s1. The number of sulfonamides is 1. The fraction of sp³-hybridized carbons (Fsp3) is 0.455. The highest BCUT2D eigenvalue weighted by molar-refractivity contribution is 7.89. The number of allylic oxidation sites excluding steroid dienone is 3. The molecule has 1 fully saturated rings. The Kier molecular flexibility index (Phi) is 8.95. The fourth-order valence-corrected chi connectivity index (χ4v) is 5.12. The molecule has 194 valence electrons. The number of esters is 1. The Bertz CT molecular complexity index is 1130. The highest BCUT2D eigenvalue weighted by Gasteiger charge is 2.39. The summed E-state index contributed by atoms with van der Waals surface area (Å²) < 4.78 is 71.4. The third-order valence-corrected chi connectivity index (χ3v) is 7.52. The fourth-order valence-electron chi connectivity index (χ4n) is 3.64. The largest absolute Gasteiger partial charge is 0.485 e. The first kappa shape index (κ1) is 28.2.